The molecule has 0 aliphatic heterocycles. The SMILES string of the molecule is CCC12CCCCC1(O)CCCC2. The lowest BCUT2D eigenvalue weighted by Crippen LogP contribution is -2.52. The predicted molar refractivity (Wildman–Crippen MR) is 54.6 cm³/mol. The van der Waals surface area contributed by atoms with Gasteiger partial charge in [-0.1, -0.05) is 32.6 Å². The highest BCUT2D eigenvalue weighted by Crippen LogP contribution is 2.54. The van der Waals surface area contributed by atoms with Crippen LogP contribution in [-0.4, -0.2) is 10.7 Å². The average Bonchev–Trinajstić information content (AvgIpc) is 2.17. The van der Waals surface area contributed by atoms with E-state index in [2.05, 4.69) is 6.92 Å². The second kappa shape index (κ2) is 3.27. The van der Waals surface area contributed by atoms with Gasteiger partial charge in [-0.3, -0.25) is 0 Å². The van der Waals surface area contributed by atoms with E-state index < -0.39 is 0 Å². The lowest BCUT2D eigenvalue weighted by molar-refractivity contribution is -0.143. The molecule has 0 heterocycles. The molecule has 0 amide bonds. The lowest BCUT2D eigenvalue weighted by Gasteiger charge is -2.53. The Labute approximate surface area is 81.5 Å². The van der Waals surface area contributed by atoms with Crippen LogP contribution in [0.25, 0.3) is 0 Å². The third-order valence-corrected chi connectivity index (χ3v) is 4.66. The van der Waals surface area contributed by atoms with Crippen LogP contribution in [0.3, 0.4) is 0 Å². The first-order valence-corrected chi connectivity index (χ1v) is 5.95. The molecule has 0 aromatic carbocycles. The van der Waals surface area contributed by atoms with Crippen molar-refractivity contribution in [1.29, 1.82) is 0 Å². The van der Waals surface area contributed by atoms with E-state index >= 15 is 0 Å². The molecule has 13 heavy (non-hydrogen) atoms. The molecule has 76 valence electrons. The second-order valence-electron chi connectivity index (χ2n) is 5.08. The fraction of sp³-hybridized carbons (Fsp3) is 1.00. The van der Waals surface area contributed by atoms with E-state index in [1.165, 1.54) is 44.9 Å². The highest BCUT2D eigenvalue weighted by atomic mass is 16.3. The fourth-order valence-corrected chi connectivity index (χ4v) is 3.69. The zero-order valence-electron chi connectivity index (χ0n) is 8.81. The van der Waals surface area contributed by atoms with Crippen molar-refractivity contribution in [1.82, 2.24) is 0 Å². The molecule has 2 fully saturated rings. The first kappa shape index (κ1) is 9.51. The third-order valence-electron chi connectivity index (χ3n) is 4.66. The highest BCUT2D eigenvalue weighted by molar-refractivity contribution is 5.02. The van der Waals surface area contributed by atoms with Crippen LogP contribution in [0, 0.1) is 5.41 Å². The smallest absolute Gasteiger partial charge is 0.0703 e. The maximum atomic E-state index is 10.6. The number of rotatable bonds is 1. The summed E-state index contributed by atoms with van der Waals surface area (Å²) in [5.41, 5.74) is 0.0295. The Hall–Kier alpha value is -0.0400. The van der Waals surface area contributed by atoms with Gasteiger partial charge in [0.05, 0.1) is 5.60 Å². The van der Waals surface area contributed by atoms with Crippen molar-refractivity contribution >= 4 is 0 Å². The van der Waals surface area contributed by atoms with E-state index in [9.17, 15) is 5.11 Å². The van der Waals surface area contributed by atoms with Gasteiger partial charge in [0.1, 0.15) is 0 Å². The van der Waals surface area contributed by atoms with Crippen LogP contribution < -0.4 is 0 Å². The number of hydrogen-bond donors (Lipinski definition) is 1. The molecule has 0 spiro atoms. The molecule has 2 aliphatic rings. The van der Waals surface area contributed by atoms with Crippen molar-refractivity contribution in [2.24, 2.45) is 5.41 Å². The largest absolute Gasteiger partial charge is 0.389 e. The minimum Gasteiger partial charge on any atom is -0.389 e. The fourth-order valence-electron chi connectivity index (χ4n) is 3.69. The zero-order chi connectivity index (χ0) is 9.36. The molecule has 0 aromatic rings. The van der Waals surface area contributed by atoms with Gasteiger partial charge in [-0.25, -0.2) is 0 Å². The Bertz CT molecular complexity index is 174. The quantitative estimate of drug-likeness (QED) is 0.660. The average molecular weight is 182 g/mol. The van der Waals surface area contributed by atoms with E-state index in [0.29, 0.717) is 5.41 Å². The number of hydrogen-bond acceptors (Lipinski definition) is 1. The van der Waals surface area contributed by atoms with Gasteiger partial charge in [0, 0.05) is 0 Å². The van der Waals surface area contributed by atoms with Crippen LogP contribution in [-0.2, 0) is 0 Å². The molecule has 1 N–H and O–H groups in total. The van der Waals surface area contributed by atoms with Crippen molar-refractivity contribution in [3.63, 3.8) is 0 Å². The van der Waals surface area contributed by atoms with Crippen LogP contribution in [0.5, 0.6) is 0 Å². The summed E-state index contributed by atoms with van der Waals surface area (Å²) in [6.07, 6.45) is 11.1. The van der Waals surface area contributed by atoms with Gasteiger partial charge in [-0.05, 0) is 37.5 Å². The molecule has 2 rings (SSSR count). The van der Waals surface area contributed by atoms with E-state index in [1.807, 2.05) is 0 Å². The van der Waals surface area contributed by atoms with Crippen molar-refractivity contribution in [2.45, 2.75) is 70.3 Å². The van der Waals surface area contributed by atoms with Gasteiger partial charge in [0.2, 0.25) is 0 Å². The molecule has 2 saturated carbocycles. The lowest BCUT2D eigenvalue weighted by atomic mass is 9.55. The second-order valence-corrected chi connectivity index (χ2v) is 5.08. The molecule has 1 nitrogen and oxygen atoms in total. The summed E-state index contributed by atoms with van der Waals surface area (Å²) in [6, 6.07) is 0. The van der Waals surface area contributed by atoms with E-state index in [1.54, 1.807) is 0 Å². The topological polar surface area (TPSA) is 20.2 Å². The molecule has 0 radical (unpaired) electrons. The molecule has 0 aromatic heterocycles. The molecule has 1 heteroatoms. The maximum Gasteiger partial charge on any atom is 0.0703 e. The standard InChI is InChI=1S/C12H22O/c1-2-11-7-3-5-9-12(11,13)10-6-4-8-11/h13H,2-10H2,1H3. The summed E-state index contributed by atoms with van der Waals surface area (Å²) >= 11 is 0. The van der Waals surface area contributed by atoms with E-state index in [0.717, 1.165) is 12.8 Å². The molecule has 0 unspecified atom stereocenters. The molecule has 0 bridgehead atoms. The molecule has 0 saturated heterocycles. The summed E-state index contributed by atoms with van der Waals surface area (Å²) in [6.45, 7) is 2.27. The van der Waals surface area contributed by atoms with Crippen LogP contribution in [0.1, 0.15) is 64.7 Å². The van der Waals surface area contributed by atoms with Crippen LogP contribution in [0.15, 0.2) is 0 Å². The van der Waals surface area contributed by atoms with Crippen LogP contribution in [0.4, 0.5) is 0 Å². The molecule has 0 atom stereocenters. The zero-order valence-corrected chi connectivity index (χ0v) is 8.81. The molecular formula is C12H22O. The summed E-state index contributed by atoms with van der Waals surface area (Å²) < 4.78 is 0. The normalized spacial score (nSPS) is 45.7. The van der Waals surface area contributed by atoms with E-state index in [-0.39, 0.29) is 5.60 Å². The maximum absolute atomic E-state index is 10.6. The minimum atomic E-state index is -0.280. The Balaban J connectivity index is 2.23. The summed E-state index contributed by atoms with van der Waals surface area (Å²) in [5, 5.41) is 10.6. The van der Waals surface area contributed by atoms with Crippen molar-refractivity contribution in [3.8, 4) is 0 Å². The summed E-state index contributed by atoms with van der Waals surface area (Å²) in [7, 11) is 0. The van der Waals surface area contributed by atoms with Gasteiger partial charge in [0.25, 0.3) is 0 Å². The Morgan fingerprint density at radius 1 is 0.923 bits per heavy atom. The minimum absolute atomic E-state index is 0.280. The van der Waals surface area contributed by atoms with Gasteiger partial charge in [0.15, 0.2) is 0 Å². The van der Waals surface area contributed by atoms with Gasteiger partial charge < -0.3 is 5.11 Å². The van der Waals surface area contributed by atoms with E-state index in [4.69, 9.17) is 0 Å². The van der Waals surface area contributed by atoms with Crippen molar-refractivity contribution in [2.75, 3.05) is 0 Å². The van der Waals surface area contributed by atoms with Gasteiger partial charge in [-0.15, -0.1) is 0 Å². The van der Waals surface area contributed by atoms with Gasteiger partial charge >= 0.3 is 0 Å². The Kier molecular flexibility index (Phi) is 2.39. The van der Waals surface area contributed by atoms with Gasteiger partial charge in [-0.2, -0.15) is 0 Å². The third kappa shape index (κ3) is 1.32. The summed E-state index contributed by atoms with van der Waals surface area (Å²) in [4.78, 5) is 0. The first-order chi connectivity index (χ1) is 6.22. The number of aliphatic hydroxyl groups is 1. The van der Waals surface area contributed by atoms with Crippen molar-refractivity contribution < 1.29 is 5.11 Å². The predicted octanol–water partition coefficient (Wildman–Crippen LogP) is 3.26. The number of fused-ring (bicyclic) bond motifs is 1. The Morgan fingerprint density at radius 2 is 1.38 bits per heavy atom. The Morgan fingerprint density at radius 3 is 1.77 bits per heavy atom. The first-order valence-electron chi connectivity index (χ1n) is 5.95. The molecule has 2 aliphatic carbocycles. The van der Waals surface area contributed by atoms with Crippen LogP contribution >= 0.6 is 0 Å². The monoisotopic (exact) mass is 182 g/mol. The van der Waals surface area contributed by atoms with Crippen molar-refractivity contribution in [3.05, 3.63) is 0 Å². The summed E-state index contributed by atoms with van der Waals surface area (Å²) in [5.74, 6) is 0. The van der Waals surface area contributed by atoms with Crippen LogP contribution in [0.2, 0.25) is 0 Å². The molecular weight excluding hydrogens is 160 g/mol. The highest BCUT2D eigenvalue weighted by Gasteiger charge is 2.51.